The number of hydrogen-bond donors (Lipinski definition) is 2. The molecule has 0 aromatic heterocycles. The molecule has 0 unspecified atom stereocenters. The maximum Gasteiger partial charge on any atom is 0.127 e. The molecule has 144 valence electrons. The summed E-state index contributed by atoms with van der Waals surface area (Å²) in [7, 11) is 0. The first-order valence-electron chi connectivity index (χ1n) is 9.54. The van der Waals surface area contributed by atoms with Gasteiger partial charge in [-0.3, -0.25) is 0 Å². The van der Waals surface area contributed by atoms with E-state index in [1.54, 1.807) is 0 Å². The van der Waals surface area contributed by atoms with E-state index in [0.717, 1.165) is 22.3 Å². The van der Waals surface area contributed by atoms with Gasteiger partial charge in [0.25, 0.3) is 0 Å². The monoisotopic (exact) mass is 382 g/mol. The van der Waals surface area contributed by atoms with Gasteiger partial charge in [-0.05, 0) is 46.5 Å². The predicted molar refractivity (Wildman–Crippen MR) is 114 cm³/mol. The van der Waals surface area contributed by atoms with Crippen LogP contribution in [0.2, 0.25) is 0 Å². The molecule has 4 aromatic carbocycles. The number of aliphatic hydroxyl groups is 2. The van der Waals surface area contributed by atoms with Crippen LogP contribution in [-0.4, -0.2) is 10.2 Å². The van der Waals surface area contributed by atoms with E-state index in [1.807, 2.05) is 109 Å². The van der Waals surface area contributed by atoms with Crippen molar-refractivity contribution in [1.29, 1.82) is 0 Å². The van der Waals surface area contributed by atoms with E-state index >= 15 is 0 Å². The molecule has 0 saturated carbocycles. The fourth-order valence-corrected chi connectivity index (χ4v) is 3.23. The quantitative estimate of drug-likeness (QED) is 0.453. The fourth-order valence-electron chi connectivity index (χ4n) is 3.23. The predicted octanol–water partition coefficient (Wildman–Crippen LogP) is 5.64. The number of benzene rings is 4. The molecule has 0 aliphatic carbocycles. The van der Waals surface area contributed by atoms with Crippen LogP contribution in [0.1, 0.15) is 34.5 Å². The second kappa shape index (κ2) is 8.74. The molecule has 0 saturated heterocycles. The van der Waals surface area contributed by atoms with E-state index in [0.29, 0.717) is 11.5 Å². The van der Waals surface area contributed by atoms with Gasteiger partial charge in [0, 0.05) is 0 Å². The SMILES string of the molecule is O[C@H](c1ccccc1)c1ccc(Oc2ccc([C@H](O)c3ccccc3)cc2)cc1. The second-order valence-corrected chi connectivity index (χ2v) is 6.87. The van der Waals surface area contributed by atoms with Gasteiger partial charge in [0.1, 0.15) is 23.7 Å². The highest BCUT2D eigenvalue weighted by molar-refractivity contribution is 5.39. The number of ether oxygens (including phenoxy) is 1. The minimum absolute atomic E-state index is 0.663. The third-order valence-corrected chi connectivity index (χ3v) is 4.86. The molecule has 0 aliphatic heterocycles. The van der Waals surface area contributed by atoms with Crippen LogP contribution in [-0.2, 0) is 0 Å². The smallest absolute Gasteiger partial charge is 0.127 e. The maximum absolute atomic E-state index is 10.5. The summed E-state index contributed by atoms with van der Waals surface area (Å²) in [4.78, 5) is 0. The summed E-state index contributed by atoms with van der Waals surface area (Å²) in [5.41, 5.74) is 3.33. The Morgan fingerprint density at radius 1 is 0.414 bits per heavy atom. The standard InChI is InChI=1S/C26H22O3/c27-25(19-7-3-1-4-8-19)21-11-15-23(16-12-21)29-24-17-13-22(14-18-24)26(28)20-9-5-2-6-10-20/h1-18,25-28H/t25-,26-/m1/s1. The minimum atomic E-state index is -0.663. The molecule has 29 heavy (non-hydrogen) atoms. The first kappa shape index (κ1) is 18.9. The third kappa shape index (κ3) is 4.54. The lowest BCUT2D eigenvalue weighted by Crippen LogP contribution is -1.99. The Labute approximate surface area is 170 Å². The fraction of sp³-hybridized carbons (Fsp3) is 0.0769. The minimum Gasteiger partial charge on any atom is -0.457 e. The molecule has 4 rings (SSSR count). The molecule has 4 aromatic rings. The zero-order valence-electron chi connectivity index (χ0n) is 15.8. The van der Waals surface area contributed by atoms with E-state index in [9.17, 15) is 10.2 Å². The molecular weight excluding hydrogens is 360 g/mol. The molecular formula is C26H22O3. The Bertz CT molecular complexity index is 940. The molecule has 0 heterocycles. The maximum atomic E-state index is 10.5. The average molecular weight is 382 g/mol. The molecule has 3 heteroatoms. The van der Waals surface area contributed by atoms with Gasteiger partial charge in [0.15, 0.2) is 0 Å². The van der Waals surface area contributed by atoms with Crippen molar-refractivity contribution in [3.63, 3.8) is 0 Å². The molecule has 0 radical (unpaired) electrons. The summed E-state index contributed by atoms with van der Waals surface area (Å²) in [6.07, 6.45) is -1.33. The highest BCUT2D eigenvalue weighted by Crippen LogP contribution is 2.28. The van der Waals surface area contributed by atoms with Crippen molar-refractivity contribution >= 4 is 0 Å². The number of rotatable bonds is 6. The zero-order valence-corrected chi connectivity index (χ0v) is 15.8. The first-order valence-corrected chi connectivity index (χ1v) is 9.54. The van der Waals surface area contributed by atoms with Gasteiger partial charge in [0.05, 0.1) is 0 Å². The van der Waals surface area contributed by atoms with E-state index in [-0.39, 0.29) is 0 Å². The summed E-state index contributed by atoms with van der Waals surface area (Å²) in [5, 5.41) is 21.0. The van der Waals surface area contributed by atoms with Crippen LogP contribution >= 0.6 is 0 Å². The summed E-state index contributed by atoms with van der Waals surface area (Å²) in [6.45, 7) is 0. The highest BCUT2D eigenvalue weighted by atomic mass is 16.5. The number of hydrogen-bond acceptors (Lipinski definition) is 3. The van der Waals surface area contributed by atoms with Gasteiger partial charge >= 0.3 is 0 Å². The molecule has 3 nitrogen and oxygen atoms in total. The van der Waals surface area contributed by atoms with Crippen LogP contribution in [0.5, 0.6) is 11.5 Å². The summed E-state index contributed by atoms with van der Waals surface area (Å²) in [5.74, 6) is 1.37. The molecule has 0 aliphatic rings. The second-order valence-electron chi connectivity index (χ2n) is 6.87. The normalized spacial score (nSPS) is 12.9. The van der Waals surface area contributed by atoms with Gasteiger partial charge in [-0.1, -0.05) is 84.9 Å². The van der Waals surface area contributed by atoms with Crippen LogP contribution in [0, 0.1) is 0 Å². The Morgan fingerprint density at radius 2 is 0.724 bits per heavy atom. The molecule has 2 atom stereocenters. The molecule has 0 spiro atoms. The lowest BCUT2D eigenvalue weighted by molar-refractivity contribution is 0.220. The van der Waals surface area contributed by atoms with Crippen LogP contribution in [0.25, 0.3) is 0 Å². The Morgan fingerprint density at radius 3 is 1.07 bits per heavy atom. The van der Waals surface area contributed by atoms with Crippen molar-refractivity contribution in [2.45, 2.75) is 12.2 Å². The van der Waals surface area contributed by atoms with Gasteiger partial charge in [-0.2, -0.15) is 0 Å². The van der Waals surface area contributed by atoms with Crippen LogP contribution < -0.4 is 4.74 Å². The van der Waals surface area contributed by atoms with Gasteiger partial charge in [-0.15, -0.1) is 0 Å². The molecule has 0 bridgehead atoms. The van der Waals surface area contributed by atoms with Gasteiger partial charge < -0.3 is 14.9 Å². The third-order valence-electron chi connectivity index (χ3n) is 4.86. The Balaban J connectivity index is 1.43. The van der Waals surface area contributed by atoms with E-state index in [4.69, 9.17) is 4.74 Å². The van der Waals surface area contributed by atoms with Crippen LogP contribution in [0.4, 0.5) is 0 Å². The lowest BCUT2D eigenvalue weighted by atomic mass is 10.0. The average Bonchev–Trinajstić information content (AvgIpc) is 2.80. The largest absolute Gasteiger partial charge is 0.457 e. The van der Waals surface area contributed by atoms with Crippen LogP contribution in [0.3, 0.4) is 0 Å². The van der Waals surface area contributed by atoms with Crippen molar-refractivity contribution in [2.75, 3.05) is 0 Å². The zero-order chi connectivity index (χ0) is 20.1. The summed E-state index contributed by atoms with van der Waals surface area (Å²) in [6, 6.07) is 33.9. The van der Waals surface area contributed by atoms with E-state index < -0.39 is 12.2 Å². The van der Waals surface area contributed by atoms with Gasteiger partial charge in [-0.25, -0.2) is 0 Å². The van der Waals surface area contributed by atoms with Crippen LogP contribution in [0.15, 0.2) is 109 Å². The van der Waals surface area contributed by atoms with Gasteiger partial charge in [0.2, 0.25) is 0 Å². The van der Waals surface area contributed by atoms with Crippen molar-refractivity contribution in [3.8, 4) is 11.5 Å². The van der Waals surface area contributed by atoms with Crippen molar-refractivity contribution in [1.82, 2.24) is 0 Å². The van der Waals surface area contributed by atoms with E-state index in [1.165, 1.54) is 0 Å². The molecule has 0 fully saturated rings. The Kier molecular flexibility index (Phi) is 5.71. The summed E-state index contributed by atoms with van der Waals surface area (Å²) >= 11 is 0. The highest BCUT2D eigenvalue weighted by Gasteiger charge is 2.11. The van der Waals surface area contributed by atoms with Crippen molar-refractivity contribution in [3.05, 3.63) is 131 Å². The molecule has 0 amide bonds. The number of aliphatic hydroxyl groups excluding tert-OH is 2. The summed E-state index contributed by atoms with van der Waals surface area (Å²) < 4.78 is 5.90. The van der Waals surface area contributed by atoms with Crippen molar-refractivity contribution < 1.29 is 14.9 Å². The first-order chi connectivity index (χ1) is 14.2. The topological polar surface area (TPSA) is 49.7 Å². The van der Waals surface area contributed by atoms with Crippen molar-refractivity contribution in [2.24, 2.45) is 0 Å². The van der Waals surface area contributed by atoms with E-state index in [2.05, 4.69) is 0 Å². The molecule has 2 N–H and O–H groups in total. The Hall–Kier alpha value is -3.40. The lowest BCUT2D eigenvalue weighted by Gasteiger charge is -2.14.